The second-order valence-electron chi connectivity index (χ2n) is 6.31. The zero-order valence-electron chi connectivity index (χ0n) is 12.5. The van der Waals surface area contributed by atoms with Crippen LogP contribution in [0.4, 0.5) is 0 Å². The molecule has 116 valence electrons. The third-order valence-corrected chi connectivity index (χ3v) is 5.86. The highest BCUT2D eigenvalue weighted by atomic mass is 32.2. The number of carbonyl (C=O) groups excluding carboxylic acids is 1. The minimum absolute atomic E-state index is 0.0256. The average molecular weight is 302 g/mol. The standard InChI is InChI=1S/C14H26N2O3S/c1-12-7-9-15(10-8-12)14(17)11-16(20(2,18)19)13-5-3-4-6-13/h12-13H,3-11H2,1-2H3. The summed E-state index contributed by atoms with van der Waals surface area (Å²) in [5.74, 6) is 0.633. The number of sulfonamides is 1. The molecule has 5 nitrogen and oxygen atoms in total. The molecule has 1 saturated heterocycles. The van der Waals surface area contributed by atoms with Crippen LogP contribution in [0.5, 0.6) is 0 Å². The SMILES string of the molecule is CC1CCN(C(=O)CN(C2CCCC2)S(C)(=O)=O)CC1. The molecule has 0 bridgehead atoms. The van der Waals surface area contributed by atoms with Gasteiger partial charge in [-0.1, -0.05) is 19.8 Å². The van der Waals surface area contributed by atoms with Gasteiger partial charge in [0.25, 0.3) is 0 Å². The van der Waals surface area contributed by atoms with E-state index in [4.69, 9.17) is 0 Å². The largest absolute Gasteiger partial charge is 0.342 e. The maximum absolute atomic E-state index is 12.3. The number of hydrogen-bond donors (Lipinski definition) is 0. The number of carbonyl (C=O) groups is 1. The van der Waals surface area contributed by atoms with Crippen LogP contribution in [0.25, 0.3) is 0 Å². The van der Waals surface area contributed by atoms with E-state index in [9.17, 15) is 13.2 Å². The first-order valence-electron chi connectivity index (χ1n) is 7.62. The van der Waals surface area contributed by atoms with E-state index in [0.29, 0.717) is 5.92 Å². The molecule has 20 heavy (non-hydrogen) atoms. The first kappa shape index (κ1) is 15.8. The molecular weight excluding hydrogens is 276 g/mol. The number of rotatable bonds is 4. The maximum Gasteiger partial charge on any atom is 0.237 e. The van der Waals surface area contributed by atoms with Gasteiger partial charge in [0.1, 0.15) is 0 Å². The molecule has 0 N–H and O–H groups in total. The number of nitrogens with zero attached hydrogens (tertiary/aromatic N) is 2. The highest BCUT2D eigenvalue weighted by Crippen LogP contribution is 2.25. The summed E-state index contributed by atoms with van der Waals surface area (Å²) in [6, 6.07) is 0.0256. The summed E-state index contributed by atoms with van der Waals surface area (Å²) in [4.78, 5) is 14.2. The van der Waals surface area contributed by atoms with Crippen LogP contribution >= 0.6 is 0 Å². The molecule has 1 aliphatic carbocycles. The Morgan fingerprint density at radius 1 is 1.15 bits per heavy atom. The highest BCUT2D eigenvalue weighted by molar-refractivity contribution is 7.88. The minimum Gasteiger partial charge on any atom is -0.342 e. The van der Waals surface area contributed by atoms with E-state index in [2.05, 4.69) is 6.92 Å². The van der Waals surface area contributed by atoms with Gasteiger partial charge in [-0.2, -0.15) is 4.31 Å². The van der Waals surface area contributed by atoms with Gasteiger partial charge in [0.2, 0.25) is 15.9 Å². The van der Waals surface area contributed by atoms with Crippen molar-refractivity contribution in [3.63, 3.8) is 0 Å². The van der Waals surface area contributed by atoms with E-state index in [-0.39, 0.29) is 18.5 Å². The van der Waals surface area contributed by atoms with Crippen molar-refractivity contribution in [1.82, 2.24) is 9.21 Å². The summed E-state index contributed by atoms with van der Waals surface area (Å²) in [5.41, 5.74) is 0. The zero-order chi connectivity index (χ0) is 14.8. The first-order chi connectivity index (χ1) is 9.38. The fraction of sp³-hybridized carbons (Fsp3) is 0.929. The Hall–Kier alpha value is -0.620. The van der Waals surface area contributed by atoms with Crippen molar-refractivity contribution in [2.24, 2.45) is 5.92 Å². The molecule has 0 unspecified atom stereocenters. The molecular formula is C14H26N2O3S. The summed E-state index contributed by atoms with van der Waals surface area (Å²) in [6.07, 6.45) is 7.16. The number of amides is 1. The molecule has 1 amide bonds. The predicted octanol–water partition coefficient (Wildman–Crippen LogP) is 1.45. The Labute approximate surface area is 122 Å². The van der Waals surface area contributed by atoms with Gasteiger partial charge >= 0.3 is 0 Å². The van der Waals surface area contributed by atoms with Crippen LogP contribution in [-0.4, -0.2) is 55.5 Å². The summed E-state index contributed by atoms with van der Waals surface area (Å²) in [6.45, 7) is 3.76. The van der Waals surface area contributed by atoms with Crippen molar-refractivity contribution in [3.05, 3.63) is 0 Å². The van der Waals surface area contributed by atoms with Gasteiger partial charge in [-0.15, -0.1) is 0 Å². The van der Waals surface area contributed by atoms with Crippen LogP contribution in [0.15, 0.2) is 0 Å². The molecule has 1 heterocycles. The zero-order valence-corrected chi connectivity index (χ0v) is 13.4. The Kier molecular flexibility index (Phi) is 5.07. The third-order valence-electron chi connectivity index (χ3n) is 4.59. The molecule has 0 atom stereocenters. The Bertz CT molecular complexity index is 435. The lowest BCUT2D eigenvalue weighted by Crippen LogP contribution is -2.48. The summed E-state index contributed by atoms with van der Waals surface area (Å²) >= 11 is 0. The number of hydrogen-bond acceptors (Lipinski definition) is 3. The normalized spacial score (nSPS) is 22.6. The van der Waals surface area contributed by atoms with Gasteiger partial charge in [0.05, 0.1) is 12.8 Å². The smallest absolute Gasteiger partial charge is 0.237 e. The lowest BCUT2D eigenvalue weighted by Gasteiger charge is -2.33. The van der Waals surface area contributed by atoms with Crippen LogP contribution in [-0.2, 0) is 14.8 Å². The van der Waals surface area contributed by atoms with Gasteiger partial charge in [0, 0.05) is 19.1 Å². The van der Waals surface area contributed by atoms with E-state index in [1.54, 1.807) is 0 Å². The second kappa shape index (κ2) is 6.43. The van der Waals surface area contributed by atoms with E-state index in [0.717, 1.165) is 51.6 Å². The molecule has 1 aliphatic heterocycles. The van der Waals surface area contributed by atoms with E-state index < -0.39 is 10.0 Å². The topological polar surface area (TPSA) is 57.7 Å². The summed E-state index contributed by atoms with van der Waals surface area (Å²) < 4.78 is 25.3. The van der Waals surface area contributed by atoms with Crippen molar-refractivity contribution >= 4 is 15.9 Å². The van der Waals surface area contributed by atoms with Crippen LogP contribution in [0.2, 0.25) is 0 Å². The average Bonchev–Trinajstić information content (AvgIpc) is 2.88. The van der Waals surface area contributed by atoms with Gasteiger partial charge in [0.15, 0.2) is 0 Å². The van der Waals surface area contributed by atoms with Gasteiger partial charge in [-0.05, 0) is 31.6 Å². The second-order valence-corrected chi connectivity index (χ2v) is 8.24. The Balaban J connectivity index is 1.98. The van der Waals surface area contributed by atoms with Gasteiger partial charge < -0.3 is 4.90 Å². The lowest BCUT2D eigenvalue weighted by atomic mass is 9.99. The molecule has 0 aromatic rings. The van der Waals surface area contributed by atoms with Crippen LogP contribution in [0.3, 0.4) is 0 Å². The highest BCUT2D eigenvalue weighted by Gasteiger charge is 2.32. The van der Waals surface area contributed by atoms with Crippen molar-refractivity contribution < 1.29 is 13.2 Å². The van der Waals surface area contributed by atoms with Crippen molar-refractivity contribution in [2.45, 2.75) is 51.5 Å². The molecule has 2 fully saturated rings. The fourth-order valence-corrected chi connectivity index (χ4v) is 4.30. The first-order valence-corrected chi connectivity index (χ1v) is 9.47. The Morgan fingerprint density at radius 2 is 1.70 bits per heavy atom. The Morgan fingerprint density at radius 3 is 2.20 bits per heavy atom. The molecule has 0 spiro atoms. The van der Waals surface area contributed by atoms with E-state index in [1.807, 2.05) is 4.90 Å². The quantitative estimate of drug-likeness (QED) is 0.790. The van der Waals surface area contributed by atoms with E-state index >= 15 is 0 Å². The van der Waals surface area contributed by atoms with E-state index in [1.165, 1.54) is 10.6 Å². The molecule has 0 aromatic heterocycles. The maximum atomic E-state index is 12.3. The summed E-state index contributed by atoms with van der Waals surface area (Å²) in [7, 11) is -3.31. The predicted molar refractivity (Wildman–Crippen MR) is 78.8 cm³/mol. The lowest BCUT2D eigenvalue weighted by molar-refractivity contribution is -0.133. The molecule has 6 heteroatoms. The number of piperidine rings is 1. The summed E-state index contributed by atoms with van der Waals surface area (Å²) in [5, 5.41) is 0. The monoisotopic (exact) mass is 302 g/mol. The molecule has 2 rings (SSSR count). The van der Waals surface area contributed by atoms with Crippen molar-refractivity contribution in [3.8, 4) is 0 Å². The van der Waals surface area contributed by atoms with Crippen LogP contribution in [0.1, 0.15) is 45.4 Å². The van der Waals surface area contributed by atoms with Crippen molar-refractivity contribution in [1.29, 1.82) is 0 Å². The van der Waals surface area contributed by atoms with Crippen LogP contribution in [0, 0.1) is 5.92 Å². The van der Waals surface area contributed by atoms with Crippen LogP contribution < -0.4 is 0 Å². The molecule has 0 aromatic carbocycles. The molecule has 1 saturated carbocycles. The minimum atomic E-state index is -3.31. The molecule has 0 radical (unpaired) electrons. The third kappa shape index (κ3) is 3.95. The van der Waals surface area contributed by atoms with Gasteiger partial charge in [-0.25, -0.2) is 8.42 Å². The molecule has 2 aliphatic rings. The number of likely N-dealkylation sites (tertiary alicyclic amines) is 1. The van der Waals surface area contributed by atoms with Gasteiger partial charge in [-0.3, -0.25) is 4.79 Å². The fourth-order valence-electron chi connectivity index (χ4n) is 3.20. The van der Waals surface area contributed by atoms with Crippen molar-refractivity contribution in [2.75, 3.05) is 25.9 Å².